The van der Waals surface area contributed by atoms with E-state index < -0.39 is 42.0 Å². The summed E-state index contributed by atoms with van der Waals surface area (Å²) in [6.45, 7) is 3.12. The first-order valence-electron chi connectivity index (χ1n) is 14.3. The molecule has 41 heavy (non-hydrogen) atoms. The van der Waals surface area contributed by atoms with E-state index in [0.29, 0.717) is 32.5 Å². The second kappa shape index (κ2) is 14.0. The quantitative estimate of drug-likeness (QED) is 0.293. The van der Waals surface area contributed by atoms with Crippen LogP contribution in [-0.4, -0.2) is 59.5 Å². The Balaban J connectivity index is 1.60. The molecule has 1 aromatic carbocycles. The molecular weight excluding hydrogens is 541 g/mol. The average molecular weight is 579 g/mol. The number of hydrogen-bond donors (Lipinski definition) is 2. The normalized spacial score (nSPS) is 17.3. The molecule has 2 N–H and O–H groups in total. The highest BCUT2D eigenvalue weighted by Crippen LogP contribution is 2.40. The molecule has 12 heteroatoms. The van der Waals surface area contributed by atoms with Gasteiger partial charge in [0, 0.05) is 24.8 Å². The van der Waals surface area contributed by atoms with Crippen molar-refractivity contribution in [3.05, 3.63) is 41.6 Å². The van der Waals surface area contributed by atoms with Gasteiger partial charge in [-0.1, -0.05) is 44.4 Å². The fourth-order valence-corrected chi connectivity index (χ4v) is 5.23. The molecule has 2 fully saturated rings. The highest BCUT2D eigenvalue weighted by molar-refractivity contribution is 5.98. The van der Waals surface area contributed by atoms with Gasteiger partial charge in [0.1, 0.15) is 6.04 Å². The van der Waals surface area contributed by atoms with E-state index in [0.717, 1.165) is 38.2 Å². The molecule has 0 unspecified atom stereocenters. The van der Waals surface area contributed by atoms with Crippen LogP contribution in [0, 0.1) is 0 Å². The van der Waals surface area contributed by atoms with Crippen LogP contribution in [0.2, 0.25) is 0 Å². The number of aromatic nitrogens is 2. The summed E-state index contributed by atoms with van der Waals surface area (Å²) >= 11 is 0. The minimum atomic E-state index is -4.60. The number of halogens is 3. The Labute approximate surface area is 237 Å². The first-order chi connectivity index (χ1) is 19.7. The lowest BCUT2D eigenvalue weighted by molar-refractivity contribution is -0.146. The number of rotatable bonds is 11. The van der Waals surface area contributed by atoms with E-state index in [4.69, 9.17) is 9.47 Å². The second-order valence-corrected chi connectivity index (χ2v) is 10.5. The van der Waals surface area contributed by atoms with Crippen molar-refractivity contribution >= 4 is 17.8 Å². The lowest BCUT2D eigenvalue weighted by Gasteiger charge is -2.25. The van der Waals surface area contributed by atoms with Crippen molar-refractivity contribution < 1.29 is 37.0 Å². The van der Waals surface area contributed by atoms with Gasteiger partial charge in [-0.3, -0.25) is 19.1 Å². The molecule has 1 atom stereocenters. The first kappa shape index (κ1) is 30.5. The van der Waals surface area contributed by atoms with E-state index in [9.17, 15) is 27.6 Å². The molecule has 0 bridgehead atoms. The molecule has 1 saturated heterocycles. The van der Waals surface area contributed by atoms with Crippen LogP contribution >= 0.6 is 0 Å². The third kappa shape index (κ3) is 8.08. The molecule has 0 radical (unpaired) electrons. The Bertz CT molecular complexity index is 1200. The van der Waals surface area contributed by atoms with Crippen LogP contribution in [-0.2, 0) is 25.2 Å². The van der Waals surface area contributed by atoms with Gasteiger partial charge in [-0.05, 0) is 44.2 Å². The van der Waals surface area contributed by atoms with Crippen molar-refractivity contribution in [2.24, 2.45) is 0 Å². The SMILES string of the molecule is CCCCOC(=O)C[C@@H](NC(=O)c1cc(-c2ccccc2C(F)(F)F)n(C2CCCC2)n1)C(=O)NC1CCOCC1. The standard InChI is InChI=1S/C29H37F3N4O5/c1-2-3-14-41-26(37)18-23(27(38)33-19-12-15-40-16-13-19)34-28(39)24-17-25(36(35-24)20-8-4-5-9-20)21-10-6-7-11-22(21)29(30,31)32/h6-7,10-11,17,19-20,23H,2-5,8-9,12-16,18H2,1H3,(H,33,38)(H,34,39)/t23-/m1/s1. The number of ether oxygens (including phenoxy) is 2. The number of benzene rings is 1. The topological polar surface area (TPSA) is 112 Å². The Kier molecular flexibility index (Phi) is 10.4. The summed E-state index contributed by atoms with van der Waals surface area (Å²) in [6, 6.07) is 4.94. The van der Waals surface area contributed by atoms with Gasteiger partial charge < -0.3 is 20.1 Å². The molecule has 1 aliphatic carbocycles. The predicted molar refractivity (Wildman–Crippen MR) is 144 cm³/mol. The summed E-state index contributed by atoms with van der Waals surface area (Å²) in [5.74, 6) is -1.95. The Hall–Kier alpha value is -3.41. The van der Waals surface area contributed by atoms with Crippen LogP contribution in [0.3, 0.4) is 0 Å². The summed E-state index contributed by atoms with van der Waals surface area (Å²) in [6.07, 6.45) is 0.948. The number of unbranched alkanes of at least 4 members (excludes halogenated alkanes) is 1. The lowest BCUT2D eigenvalue weighted by Crippen LogP contribution is -2.51. The van der Waals surface area contributed by atoms with Crippen LogP contribution in [0.15, 0.2) is 30.3 Å². The Morgan fingerprint density at radius 1 is 1.12 bits per heavy atom. The molecule has 1 aliphatic heterocycles. The molecule has 224 valence electrons. The minimum absolute atomic E-state index is 0.0771. The van der Waals surface area contributed by atoms with Crippen molar-refractivity contribution in [1.82, 2.24) is 20.4 Å². The van der Waals surface area contributed by atoms with Crippen molar-refractivity contribution in [3.8, 4) is 11.3 Å². The zero-order chi connectivity index (χ0) is 29.4. The number of nitrogens with one attached hydrogen (secondary N) is 2. The highest BCUT2D eigenvalue weighted by atomic mass is 19.4. The van der Waals surface area contributed by atoms with E-state index in [-0.39, 0.29) is 35.6 Å². The largest absolute Gasteiger partial charge is 0.466 e. The highest BCUT2D eigenvalue weighted by Gasteiger charge is 2.36. The maximum absolute atomic E-state index is 13.9. The monoisotopic (exact) mass is 578 g/mol. The minimum Gasteiger partial charge on any atom is -0.466 e. The van der Waals surface area contributed by atoms with Gasteiger partial charge in [0.15, 0.2) is 5.69 Å². The van der Waals surface area contributed by atoms with Gasteiger partial charge in [-0.15, -0.1) is 0 Å². The number of nitrogens with zero attached hydrogens (tertiary/aromatic N) is 2. The fourth-order valence-electron chi connectivity index (χ4n) is 5.23. The summed E-state index contributed by atoms with van der Waals surface area (Å²) in [5.41, 5.74) is -0.856. The van der Waals surface area contributed by atoms with Crippen LogP contribution < -0.4 is 10.6 Å². The lowest BCUT2D eigenvalue weighted by atomic mass is 10.0. The molecule has 1 aromatic heterocycles. The van der Waals surface area contributed by atoms with Crippen molar-refractivity contribution in [2.75, 3.05) is 19.8 Å². The fraction of sp³-hybridized carbons (Fsp3) is 0.586. The molecule has 1 saturated carbocycles. The average Bonchev–Trinajstić information content (AvgIpc) is 3.63. The molecular formula is C29H37F3N4O5. The van der Waals surface area contributed by atoms with Gasteiger partial charge in [0.05, 0.1) is 30.3 Å². The van der Waals surface area contributed by atoms with E-state index in [2.05, 4.69) is 15.7 Å². The van der Waals surface area contributed by atoms with Gasteiger partial charge in [-0.25, -0.2) is 0 Å². The van der Waals surface area contributed by atoms with Crippen LogP contribution in [0.5, 0.6) is 0 Å². The molecule has 2 aromatic rings. The first-order valence-corrected chi connectivity index (χ1v) is 14.3. The molecule has 2 amide bonds. The van der Waals surface area contributed by atoms with Crippen LogP contribution in [0.4, 0.5) is 13.2 Å². The summed E-state index contributed by atoms with van der Waals surface area (Å²) < 4.78 is 53.7. The third-order valence-electron chi connectivity index (χ3n) is 7.47. The van der Waals surface area contributed by atoms with Crippen LogP contribution in [0.1, 0.15) is 86.8 Å². The number of alkyl halides is 3. The third-order valence-corrected chi connectivity index (χ3v) is 7.47. The second-order valence-electron chi connectivity index (χ2n) is 10.5. The van der Waals surface area contributed by atoms with Crippen molar-refractivity contribution in [3.63, 3.8) is 0 Å². The van der Waals surface area contributed by atoms with Crippen LogP contribution in [0.25, 0.3) is 11.3 Å². The number of carbonyl (C=O) groups is 3. The van der Waals surface area contributed by atoms with Gasteiger partial charge in [-0.2, -0.15) is 18.3 Å². The number of hydrogen-bond acceptors (Lipinski definition) is 6. The van der Waals surface area contributed by atoms with Crippen molar-refractivity contribution in [1.29, 1.82) is 0 Å². The summed E-state index contributed by atoms with van der Waals surface area (Å²) in [4.78, 5) is 39.1. The molecule has 0 spiro atoms. The molecule has 2 aliphatic rings. The van der Waals surface area contributed by atoms with E-state index in [1.807, 2.05) is 6.92 Å². The molecule has 2 heterocycles. The van der Waals surface area contributed by atoms with Crippen molar-refractivity contribution in [2.45, 2.75) is 89.0 Å². The van der Waals surface area contributed by atoms with Gasteiger partial charge in [0.25, 0.3) is 5.91 Å². The maximum atomic E-state index is 13.9. The smallest absolute Gasteiger partial charge is 0.417 e. The van der Waals surface area contributed by atoms with Gasteiger partial charge >= 0.3 is 12.1 Å². The van der Waals surface area contributed by atoms with E-state index in [1.165, 1.54) is 28.9 Å². The number of esters is 1. The Morgan fingerprint density at radius 3 is 2.51 bits per heavy atom. The summed E-state index contributed by atoms with van der Waals surface area (Å²) in [5, 5.41) is 9.89. The zero-order valence-corrected chi connectivity index (χ0v) is 23.2. The Morgan fingerprint density at radius 2 is 1.83 bits per heavy atom. The van der Waals surface area contributed by atoms with E-state index >= 15 is 0 Å². The predicted octanol–water partition coefficient (Wildman–Crippen LogP) is 4.81. The molecule has 9 nitrogen and oxygen atoms in total. The maximum Gasteiger partial charge on any atom is 0.417 e. The zero-order valence-electron chi connectivity index (χ0n) is 23.2. The van der Waals surface area contributed by atoms with Gasteiger partial charge in [0.2, 0.25) is 5.91 Å². The number of amides is 2. The number of carbonyl (C=O) groups excluding carboxylic acids is 3. The van der Waals surface area contributed by atoms with E-state index in [1.54, 1.807) is 0 Å². The summed E-state index contributed by atoms with van der Waals surface area (Å²) in [7, 11) is 0. The molecule has 4 rings (SSSR count).